The molecule has 0 atom stereocenters. The summed E-state index contributed by atoms with van der Waals surface area (Å²) in [5.41, 5.74) is 2.27. The summed E-state index contributed by atoms with van der Waals surface area (Å²) >= 11 is 6.00. The number of aromatic nitrogens is 3. The van der Waals surface area contributed by atoms with Crippen molar-refractivity contribution in [2.24, 2.45) is 0 Å². The predicted octanol–water partition coefficient (Wildman–Crippen LogP) is 3.35. The van der Waals surface area contributed by atoms with Crippen molar-refractivity contribution >= 4 is 22.5 Å². The van der Waals surface area contributed by atoms with Crippen molar-refractivity contribution in [1.29, 1.82) is 0 Å². The average molecular weight is 242 g/mol. The summed E-state index contributed by atoms with van der Waals surface area (Å²) in [5.74, 6) is 0. The van der Waals surface area contributed by atoms with E-state index in [1.54, 1.807) is 12.4 Å². The number of pyridine rings is 1. The van der Waals surface area contributed by atoms with Gasteiger partial charge in [-0.05, 0) is 12.1 Å². The third-order valence-electron chi connectivity index (χ3n) is 2.49. The Bertz CT molecular complexity index is 682. The van der Waals surface area contributed by atoms with Crippen molar-refractivity contribution in [2.75, 3.05) is 0 Å². The molecule has 0 N–H and O–H groups in total. The molecule has 2 aromatic heterocycles. The molecule has 0 saturated carbocycles. The van der Waals surface area contributed by atoms with Gasteiger partial charge in [0.15, 0.2) is 5.15 Å². The molecule has 0 fully saturated rings. The monoisotopic (exact) mass is 241 g/mol. The number of fused-ring (bicyclic) bond motifs is 1. The molecule has 82 valence electrons. The molecule has 3 aromatic rings. The van der Waals surface area contributed by atoms with Gasteiger partial charge in [0.05, 0.1) is 11.2 Å². The highest BCUT2D eigenvalue weighted by atomic mass is 35.5. The van der Waals surface area contributed by atoms with Gasteiger partial charge in [-0.15, -0.1) is 0 Å². The average Bonchev–Trinajstić information content (AvgIpc) is 2.39. The normalized spacial score (nSPS) is 10.6. The lowest BCUT2D eigenvalue weighted by Gasteiger charge is -2.03. The van der Waals surface area contributed by atoms with E-state index in [1.165, 1.54) is 0 Å². The fourth-order valence-electron chi connectivity index (χ4n) is 1.69. The molecule has 0 radical (unpaired) electrons. The van der Waals surface area contributed by atoms with Gasteiger partial charge >= 0.3 is 0 Å². The minimum atomic E-state index is 0.371. The van der Waals surface area contributed by atoms with E-state index in [4.69, 9.17) is 11.6 Å². The van der Waals surface area contributed by atoms with Gasteiger partial charge < -0.3 is 0 Å². The van der Waals surface area contributed by atoms with Crippen molar-refractivity contribution in [3.8, 4) is 11.4 Å². The first kappa shape index (κ1) is 10.2. The zero-order valence-corrected chi connectivity index (χ0v) is 9.59. The van der Waals surface area contributed by atoms with Crippen molar-refractivity contribution < 1.29 is 0 Å². The third-order valence-corrected chi connectivity index (χ3v) is 2.77. The molecule has 3 nitrogen and oxygen atoms in total. The number of hydrogen-bond donors (Lipinski definition) is 0. The molecular formula is C13H8ClN3. The molecule has 17 heavy (non-hydrogen) atoms. The van der Waals surface area contributed by atoms with Crippen LogP contribution in [0.5, 0.6) is 0 Å². The Morgan fingerprint density at radius 3 is 2.59 bits per heavy atom. The van der Waals surface area contributed by atoms with Crippen LogP contribution in [0.2, 0.25) is 5.15 Å². The number of para-hydroxylation sites is 1. The molecule has 0 bridgehead atoms. The van der Waals surface area contributed by atoms with Gasteiger partial charge in [-0.2, -0.15) is 0 Å². The molecule has 0 aliphatic rings. The highest BCUT2D eigenvalue weighted by molar-refractivity contribution is 6.31. The lowest BCUT2D eigenvalue weighted by atomic mass is 10.2. The van der Waals surface area contributed by atoms with E-state index in [0.717, 1.165) is 16.6 Å². The van der Waals surface area contributed by atoms with Crippen LogP contribution >= 0.6 is 11.6 Å². The highest BCUT2D eigenvalue weighted by Gasteiger charge is 2.07. The van der Waals surface area contributed by atoms with Crippen LogP contribution in [0.1, 0.15) is 0 Å². The summed E-state index contributed by atoms with van der Waals surface area (Å²) in [6, 6.07) is 11.8. The van der Waals surface area contributed by atoms with Gasteiger partial charge in [0.1, 0.15) is 5.69 Å². The molecule has 4 heteroatoms. The van der Waals surface area contributed by atoms with Gasteiger partial charge in [-0.1, -0.05) is 35.9 Å². The molecule has 1 aromatic carbocycles. The van der Waals surface area contributed by atoms with Crippen LogP contribution < -0.4 is 0 Å². The van der Waals surface area contributed by atoms with Crippen LogP contribution in [-0.2, 0) is 0 Å². The minimum absolute atomic E-state index is 0.371. The highest BCUT2D eigenvalue weighted by Crippen LogP contribution is 2.23. The van der Waals surface area contributed by atoms with E-state index in [9.17, 15) is 0 Å². The summed E-state index contributed by atoms with van der Waals surface area (Å²) in [6.45, 7) is 0. The van der Waals surface area contributed by atoms with E-state index in [-0.39, 0.29) is 0 Å². The van der Waals surface area contributed by atoms with Crippen molar-refractivity contribution in [3.63, 3.8) is 0 Å². The summed E-state index contributed by atoms with van der Waals surface area (Å²) in [6.07, 6.45) is 3.17. The zero-order chi connectivity index (χ0) is 11.7. The number of halogens is 1. The largest absolute Gasteiger partial charge is 0.250 e. The predicted molar refractivity (Wildman–Crippen MR) is 67.8 cm³/mol. The SMILES string of the molecule is Clc1nccnc1-c1ccc2ccccc2n1. The quantitative estimate of drug-likeness (QED) is 0.656. The van der Waals surface area contributed by atoms with Crippen molar-refractivity contribution in [2.45, 2.75) is 0 Å². The van der Waals surface area contributed by atoms with E-state index in [0.29, 0.717) is 10.8 Å². The molecule has 0 aliphatic heterocycles. The first-order valence-corrected chi connectivity index (χ1v) is 5.55. The fraction of sp³-hybridized carbons (Fsp3) is 0. The smallest absolute Gasteiger partial charge is 0.156 e. The Morgan fingerprint density at radius 2 is 1.71 bits per heavy atom. The summed E-state index contributed by atoms with van der Waals surface area (Å²) in [4.78, 5) is 12.7. The molecular weight excluding hydrogens is 234 g/mol. The van der Waals surface area contributed by atoms with E-state index in [2.05, 4.69) is 15.0 Å². The molecule has 0 spiro atoms. The van der Waals surface area contributed by atoms with Crippen LogP contribution in [0.3, 0.4) is 0 Å². The maximum absolute atomic E-state index is 6.00. The minimum Gasteiger partial charge on any atom is -0.250 e. The van der Waals surface area contributed by atoms with Gasteiger partial charge in [-0.25, -0.2) is 15.0 Å². The first-order chi connectivity index (χ1) is 8.34. The maximum atomic E-state index is 6.00. The van der Waals surface area contributed by atoms with Crippen LogP contribution in [0.25, 0.3) is 22.3 Å². The van der Waals surface area contributed by atoms with Gasteiger partial charge in [-0.3, -0.25) is 0 Å². The van der Waals surface area contributed by atoms with Gasteiger partial charge in [0.25, 0.3) is 0 Å². The van der Waals surface area contributed by atoms with E-state index >= 15 is 0 Å². The summed E-state index contributed by atoms with van der Waals surface area (Å²) in [7, 11) is 0. The molecule has 0 aliphatic carbocycles. The van der Waals surface area contributed by atoms with E-state index in [1.807, 2.05) is 36.4 Å². The Morgan fingerprint density at radius 1 is 0.882 bits per heavy atom. The lowest BCUT2D eigenvalue weighted by molar-refractivity contribution is 1.19. The standard InChI is InChI=1S/C13H8ClN3/c14-13-12(15-7-8-16-13)11-6-5-9-3-1-2-4-10(9)17-11/h1-8H. The molecule has 3 rings (SSSR count). The van der Waals surface area contributed by atoms with Gasteiger partial charge in [0, 0.05) is 17.8 Å². The second-order valence-electron chi connectivity index (χ2n) is 3.58. The topological polar surface area (TPSA) is 38.7 Å². The van der Waals surface area contributed by atoms with Crippen LogP contribution in [0.15, 0.2) is 48.8 Å². The Balaban J connectivity index is 2.22. The Hall–Kier alpha value is -2.00. The number of nitrogens with zero attached hydrogens (tertiary/aromatic N) is 3. The van der Waals surface area contributed by atoms with Crippen molar-refractivity contribution in [3.05, 3.63) is 53.9 Å². The molecule has 0 amide bonds. The number of rotatable bonds is 1. The summed E-state index contributed by atoms with van der Waals surface area (Å²) < 4.78 is 0. The third kappa shape index (κ3) is 1.85. The first-order valence-electron chi connectivity index (χ1n) is 5.17. The Kier molecular flexibility index (Phi) is 2.46. The van der Waals surface area contributed by atoms with Crippen LogP contribution in [0, 0.1) is 0 Å². The van der Waals surface area contributed by atoms with Gasteiger partial charge in [0.2, 0.25) is 0 Å². The summed E-state index contributed by atoms with van der Waals surface area (Å²) in [5, 5.41) is 1.46. The van der Waals surface area contributed by atoms with Crippen molar-refractivity contribution in [1.82, 2.24) is 15.0 Å². The molecule has 0 unspecified atom stereocenters. The van der Waals surface area contributed by atoms with Crippen LogP contribution in [-0.4, -0.2) is 15.0 Å². The molecule has 2 heterocycles. The number of hydrogen-bond acceptors (Lipinski definition) is 3. The maximum Gasteiger partial charge on any atom is 0.156 e. The fourth-order valence-corrected chi connectivity index (χ4v) is 1.89. The Labute approximate surface area is 103 Å². The second-order valence-corrected chi connectivity index (χ2v) is 3.94. The second kappa shape index (κ2) is 4.11. The molecule has 0 saturated heterocycles. The van der Waals surface area contributed by atoms with E-state index < -0.39 is 0 Å². The lowest BCUT2D eigenvalue weighted by Crippen LogP contribution is -1.90. The zero-order valence-electron chi connectivity index (χ0n) is 8.84. The van der Waals surface area contributed by atoms with Crippen LogP contribution in [0.4, 0.5) is 0 Å². The number of benzene rings is 1.